The second-order valence-corrected chi connectivity index (χ2v) is 5.34. The molecule has 0 heterocycles. The van der Waals surface area contributed by atoms with Crippen LogP contribution in [-0.2, 0) is 0 Å². The third-order valence-corrected chi connectivity index (χ3v) is 3.45. The van der Waals surface area contributed by atoms with E-state index in [9.17, 15) is 0 Å². The van der Waals surface area contributed by atoms with Crippen molar-refractivity contribution in [3.63, 3.8) is 0 Å². The number of unbranched alkanes of at least 4 members (excludes halogenated alkanes) is 9. The van der Waals surface area contributed by atoms with Gasteiger partial charge in [-0.1, -0.05) is 71.3 Å². The molecule has 3 heteroatoms. The summed E-state index contributed by atoms with van der Waals surface area (Å²) < 4.78 is 0. The topological polar surface area (TPSA) is 43.7 Å². The van der Waals surface area contributed by atoms with Gasteiger partial charge in [-0.25, -0.2) is 0 Å². The van der Waals surface area contributed by atoms with Gasteiger partial charge < -0.3 is 15.1 Å². The minimum Gasteiger partial charge on any atom is -0.373 e. The highest BCUT2D eigenvalue weighted by Gasteiger charge is 2.03. The first-order valence-corrected chi connectivity index (χ1v) is 7.93. The molecule has 0 aliphatic rings. The lowest BCUT2D eigenvalue weighted by Gasteiger charge is -2.20. The van der Waals surface area contributed by atoms with Crippen LogP contribution in [0.1, 0.15) is 71.1 Å². The van der Waals surface area contributed by atoms with Gasteiger partial charge in [0.05, 0.1) is 6.54 Å². The Bertz CT molecular complexity index is 195. The molecular formula is C16H33NO2. The Morgan fingerprint density at radius 1 is 0.895 bits per heavy atom. The van der Waals surface area contributed by atoms with Gasteiger partial charge in [0, 0.05) is 6.54 Å². The second kappa shape index (κ2) is 13.9. The predicted octanol–water partition coefficient (Wildman–Crippen LogP) is 3.66. The Morgan fingerprint density at radius 3 is 1.79 bits per heavy atom. The molecule has 114 valence electrons. The minimum absolute atomic E-state index is 0.265. The lowest BCUT2D eigenvalue weighted by atomic mass is 10.1. The van der Waals surface area contributed by atoms with E-state index in [4.69, 9.17) is 10.2 Å². The van der Waals surface area contributed by atoms with E-state index in [-0.39, 0.29) is 6.54 Å². The third kappa shape index (κ3) is 13.7. The molecule has 3 nitrogen and oxygen atoms in total. The van der Waals surface area contributed by atoms with Gasteiger partial charge in [-0.2, -0.15) is 0 Å². The summed E-state index contributed by atoms with van der Waals surface area (Å²) in [6, 6.07) is 0. The molecular weight excluding hydrogens is 238 g/mol. The van der Waals surface area contributed by atoms with Crippen LogP contribution in [0.5, 0.6) is 0 Å². The van der Waals surface area contributed by atoms with Crippen molar-refractivity contribution in [2.45, 2.75) is 77.4 Å². The summed E-state index contributed by atoms with van der Waals surface area (Å²) in [5.74, 6) is 0. The lowest BCUT2D eigenvalue weighted by Crippen LogP contribution is -2.28. The van der Waals surface area contributed by atoms with E-state index in [1.165, 1.54) is 57.8 Å². The molecule has 0 bridgehead atoms. The molecule has 0 atom stereocenters. The van der Waals surface area contributed by atoms with Crippen molar-refractivity contribution < 1.29 is 10.2 Å². The Labute approximate surface area is 119 Å². The molecule has 0 saturated carbocycles. The highest BCUT2D eigenvalue weighted by atomic mass is 16.5. The zero-order chi connectivity index (χ0) is 14.3. The Balaban J connectivity index is 3.23. The molecule has 0 aliphatic carbocycles. The van der Waals surface area contributed by atoms with Gasteiger partial charge in [-0.05, 0) is 12.6 Å². The van der Waals surface area contributed by atoms with Gasteiger partial charge in [0.1, 0.15) is 0 Å². The van der Waals surface area contributed by atoms with Crippen molar-refractivity contribution in [1.29, 1.82) is 0 Å². The van der Waals surface area contributed by atoms with Gasteiger partial charge in [0.2, 0.25) is 0 Å². The maximum Gasteiger partial charge on any atom is 0.169 e. The molecule has 0 unspecified atom stereocenters. The number of hydrogen-bond acceptors (Lipinski definition) is 3. The first-order valence-electron chi connectivity index (χ1n) is 7.93. The minimum atomic E-state index is -1.26. The molecule has 0 amide bonds. The first-order chi connectivity index (χ1) is 9.20. The number of aliphatic hydroxyl groups excluding tert-OH is 1. The predicted molar refractivity (Wildman–Crippen MR) is 81.8 cm³/mol. The first kappa shape index (κ1) is 18.5. The average molecular weight is 271 g/mol. The van der Waals surface area contributed by atoms with E-state index in [1.807, 2.05) is 4.90 Å². The van der Waals surface area contributed by atoms with Crippen LogP contribution in [-0.4, -0.2) is 34.5 Å². The summed E-state index contributed by atoms with van der Waals surface area (Å²) in [7, 11) is 0. The van der Waals surface area contributed by atoms with Crippen molar-refractivity contribution in [3.8, 4) is 0 Å². The van der Waals surface area contributed by atoms with Crippen molar-refractivity contribution in [2.75, 3.05) is 13.1 Å². The number of nitrogens with zero attached hydrogens (tertiary/aromatic N) is 1. The fourth-order valence-corrected chi connectivity index (χ4v) is 2.27. The molecule has 0 aromatic rings. The lowest BCUT2D eigenvalue weighted by molar-refractivity contribution is -0.0542. The summed E-state index contributed by atoms with van der Waals surface area (Å²) in [6.45, 7) is 7.07. The summed E-state index contributed by atoms with van der Waals surface area (Å²) >= 11 is 0. The number of hydrogen-bond donors (Lipinski definition) is 2. The summed E-state index contributed by atoms with van der Waals surface area (Å²) in [5, 5.41) is 17.8. The van der Waals surface area contributed by atoms with Crippen LogP contribution in [0.2, 0.25) is 0 Å². The molecule has 2 N–H and O–H groups in total. The summed E-state index contributed by atoms with van der Waals surface area (Å²) in [6.07, 6.45) is 13.6. The fraction of sp³-hybridized carbons (Fsp3) is 0.875. The molecule has 0 aromatic heterocycles. The Kier molecular flexibility index (Phi) is 13.5. The van der Waals surface area contributed by atoms with Crippen LogP contribution in [0.4, 0.5) is 0 Å². The Hall–Kier alpha value is -0.540. The maximum absolute atomic E-state index is 8.88. The SMILES string of the molecule is C=CN(CCCCCCCCCCCC)CC(O)O. The zero-order valence-corrected chi connectivity index (χ0v) is 12.7. The van der Waals surface area contributed by atoms with E-state index in [1.54, 1.807) is 6.20 Å². The normalized spacial score (nSPS) is 10.9. The van der Waals surface area contributed by atoms with Crippen LogP contribution >= 0.6 is 0 Å². The van der Waals surface area contributed by atoms with Crippen LogP contribution in [0.15, 0.2) is 12.8 Å². The van der Waals surface area contributed by atoms with Crippen molar-refractivity contribution in [2.24, 2.45) is 0 Å². The summed E-state index contributed by atoms with van der Waals surface area (Å²) in [4.78, 5) is 1.87. The van der Waals surface area contributed by atoms with Crippen molar-refractivity contribution >= 4 is 0 Å². The van der Waals surface area contributed by atoms with Gasteiger partial charge in [0.25, 0.3) is 0 Å². The molecule has 0 saturated heterocycles. The summed E-state index contributed by atoms with van der Waals surface area (Å²) in [5.41, 5.74) is 0. The van der Waals surface area contributed by atoms with Gasteiger partial charge >= 0.3 is 0 Å². The second-order valence-electron chi connectivity index (χ2n) is 5.34. The van der Waals surface area contributed by atoms with Gasteiger partial charge in [-0.3, -0.25) is 0 Å². The quantitative estimate of drug-likeness (QED) is 0.374. The standard InChI is InChI=1S/C16H33NO2/c1-3-5-6-7-8-9-10-11-12-13-14-17(4-2)15-16(18)19/h4,16,18-19H,2-3,5-15H2,1H3. The highest BCUT2D eigenvalue weighted by molar-refractivity contribution is 4.71. The van der Waals surface area contributed by atoms with E-state index in [0.717, 1.165) is 13.0 Å². The van der Waals surface area contributed by atoms with Crippen LogP contribution < -0.4 is 0 Å². The molecule has 0 fully saturated rings. The van der Waals surface area contributed by atoms with Crippen LogP contribution in [0.3, 0.4) is 0 Å². The van der Waals surface area contributed by atoms with E-state index in [0.29, 0.717) is 0 Å². The zero-order valence-electron chi connectivity index (χ0n) is 12.7. The highest BCUT2D eigenvalue weighted by Crippen LogP contribution is 2.10. The van der Waals surface area contributed by atoms with E-state index < -0.39 is 6.29 Å². The maximum atomic E-state index is 8.88. The molecule has 19 heavy (non-hydrogen) atoms. The monoisotopic (exact) mass is 271 g/mol. The van der Waals surface area contributed by atoms with Gasteiger partial charge in [-0.15, -0.1) is 0 Å². The fourth-order valence-electron chi connectivity index (χ4n) is 2.27. The van der Waals surface area contributed by atoms with Crippen molar-refractivity contribution in [3.05, 3.63) is 12.8 Å². The largest absolute Gasteiger partial charge is 0.373 e. The molecule has 0 radical (unpaired) electrons. The van der Waals surface area contributed by atoms with Crippen LogP contribution in [0, 0.1) is 0 Å². The van der Waals surface area contributed by atoms with Gasteiger partial charge in [0.15, 0.2) is 6.29 Å². The van der Waals surface area contributed by atoms with E-state index >= 15 is 0 Å². The molecule has 0 rings (SSSR count). The number of aliphatic hydroxyl groups is 2. The van der Waals surface area contributed by atoms with Crippen molar-refractivity contribution in [1.82, 2.24) is 4.90 Å². The Morgan fingerprint density at radius 2 is 1.37 bits per heavy atom. The smallest absolute Gasteiger partial charge is 0.169 e. The number of rotatable bonds is 14. The third-order valence-electron chi connectivity index (χ3n) is 3.45. The molecule has 0 spiro atoms. The molecule has 0 aliphatic heterocycles. The van der Waals surface area contributed by atoms with Crippen LogP contribution in [0.25, 0.3) is 0 Å². The average Bonchev–Trinajstić information content (AvgIpc) is 2.39. The van der Waals surface area contributed by atoms with E-state index in [2.05, 4.69) is 13.5 Å². The molecule has 0 aromatic carbocycles.